The molecule has 0 bridgehead atoms. The summed E-state index contributed by atoms with van der Waals surface area (Å²) in [7, 11) is 0. The molecule has 1 fully saturated rings. The normalized spacial score (nSPS) is 18.8. The lowest BCUT2D eigenvalue weighted by Gasteiger charge is -2.32. The van der Waals surface area contributed by atoms with Crippen LogP contribution in [0, 0.1) is 5.41 Å². The van der Waals surface area contributed by atoms with Gasteiger partial charge in [-0.1, -0.05) is 19.0 Å². The van der Waals surface area contributed by atoms with E-state index in [1.165, 1.54) is 18.2 Å². The van der Waals surface area contributed by atoms with Crippen LogP contribution in [0.4, 0.5) is 0 Å². The Labute approximate surface area is 123 Å². The standard InChI is InChI=1S/C16H20N2O3/c1-16(2)7-5-10(6-8-16)14-17-15(21-18-14)12-9-11(19)3-4-13(12)20/h3-4,9-10,19-20H,5-8H2,1-2H3. The Morgan fingerprint density at radius 1 is 1.19 bits per heavy atom. The van der Waals surface area contributed by atoms with Gasteiger partial charge in [0.1, 0.15) is 11.5 Å². The molecule has 1 aliphatic rings. The quantitative estimate of drug-likeness (QED) is 0.821. The number of benzene rings is 1. The number of hydrogen-bond acceptors (Lipinski definition) is 5. The molecule has 2 N–H and O–H groups in total. The molecule has 0 saturated heterocycles. The molecule has 0 unspecified atom stereocenters. The molecular weight excluding hydrogens is 268 g/mol. The van der Waals surface area contributed by atoms with Gasteiger partial charge in [-0.2, -0.15) is 4.98 Å². The van der Waals surface area contributed by atoms with Crippen molar-refractivity contribution in [3.05, 3.63) is 24.0 Å². The second-order valence-corrected chi connectivity index (χ2v) is 6.60. The van der Waals surface area contributed by atoms with E-state index in [0.717, 1.165) is 25.7 Å². The zero-order valence-corrected chi connectivity index (χ0v) is 12.3. The van der Waals surface area contributed by atoms with Crippen LogP contribution in [0.1, 0.15) is 51.3 Å². The highest BCUT2D eigenvalue weighted by Gasteiger charge is 2.30. The summed E-state index contributed by atoms with van der Waals surface area (Å²) in [6.07, 6.45) is 4.41. The number of hydrogen-bond donors (Lipinski definition) is 2. The first-order chi connectivity index (χ1) is 9.94. The molecule has 112 valence electrons. The number of rotatable bonds is 2. The van der Waals surface area contributed by atoms with Crippen LogP contribution < -0.4 is 0 Å². The fraction of sp³-hybridized carbons (Fsp3) is 0.500. The molecule has 0 amide bonds. The summed E-state index contributed by atoms with van der Waals surface area (Å²) in [4.78, 5) is 4.40. The van der Waals surface area contributed by atoms with Crippen molar-refractivity contribution in [3.63, 3.8) is 0 Å². The predicted molar refractivity (Wildman–Crippen MR) is 78.1 cm³/mol. The molecule has 1 aromatic heterocycles. The van der Waals surface area contributed by atoms with Crippen molar-refractivity contribution in [1.29, 1.82) is 0 Å². The molecule has 1 aromatic carbocycles. The molecule has 1 aliphatic carbocycles. The zero-order valence-electron chi connectivity index (χ0n) is 12.3. The molecule has 0 aliphatic heterocycles. The molecule has 2 aromatic rings. The first kappa shape index (κ1) is 13.9. The Morgan fingerprint density at radius 3 is 2.62 bits per heavy atom. The second-order valence-electron chi connectivity index (χ2n) is 6.60. The van der Waals surface area contributed by atoms with Crippen LogP contribution in [0.25, 0.3) is 11.5 Å². The third-order valence-electron chi connectivity index (χ3n) is 4.36. The lowest BCUT2D eigenvalue weighted by molar-refractivity contribution is 0.218. The Bertz CT molecular complexity index is 639. The Balaban J connectivity index is 1.82. The topological polar surface area (TPSA) is 79.4 Å². The number of aromatic nitrogens is 2. The summed E-state index contributed by atoms with van der Waals surface area (Å²) in [5, 5.41) is 23.4. The smallest absolute Gasteiger partial charge is 0.261 e. The number of aromatic hydroxyl groups is 2. The van der Waals surface area contributed by atoms with Crippen molar-refractivity contribution in [2.45, 2.75) is 45.4 Å². The van der Waals surface area contributed by atoms with Gasteiger partial charge in [-0.3, -0.25) is 0 Å². The first-order valence-electron chi connectivity index (χ1n) is 7.31. The molecule has 0 radical (unpaired) electrons. The highest BCUT2D eigenvalue weighted by Crippen LogP contribution is 2.42. The maximum Gasteiger partial charge on any atom is 0.261 e. The predicted octanol–water partition coefficient (Wildman–Crippen LogP) is 3.83. The number of nitrogens with zero attached hydrogens (tertiary/aromatic N) is 2. The maximum atomic E-state index is 9.84. The molecule has 3 rings (SSSR count). The van der Waals surface area contributed by atoms with E-state index in [2.05, 4.69) is 24.0 Å². The van der Waals surface area contributed by atoms with Crippen LogP contribution >= 0.6 is 0 Å². The van der Waals surface area contributed by atoms with Gasteiger partial charge in [0.25, 0.3) is 5.89 Å². The first-order valence-corrected chi connectivity index (χ1v) is 7.31. The van der Waals surface area contributed by atoms with Gasteiger partial charge in [0.2, 0.25) is 0 Å². The highest BCUT2D eigenvalue weighted by molar-refractivity contribution is 5.64. The van der Waals surface area contributed by atoms with Gasteiger partial charge in [0.15, 0.2) is 5.82 Å². The Kier molecular flexibility index (Phi) is 3.35. The van der Waals surface area contributed by atoms with E-state index in [4.69, 9.17) is 4.52 Å². The fourth-order valence-corrected chi connectivity index (χ4v) is 2.86. The van der Waals surface area contributed by atoms with Gasteiger partial charge in [0.05, 0.1) is 5.56 Å². The van der Waals surface area contributed by atoms with Gasteiger partial charge in [-0.15, -0.1) is 0 Å². The molecule has 5 nitrogen and oxygen atoms in total. The Morgan fingerprint density at radius 2 is 1.90 bits per heavy atom. The van der Waals surface area contributed by atoms with Gasteiger partial charge in [-0.25, -0.2) is 0 Å². The molecule has 0 atom stereocenters. The van der Waals surface area contributed by atoms with Gasteiger partial charge < -0.3 is 14.7 Å². The van der Waals surface area contributed by atoms with E-state index in [1.54, 1.807) is 0 Å². The van der Waals surface area contributed by atoms with Crippen LogP contribution in [-0.4, -0.2) is 20.4 Å². The summed E-state index contributed by atoms with van der Waals surface area (Å²) < 4.78 is 5.26. The molecule has 21 heavy (non-hydrogen) atoms. The van der Waals surface area contributed by atoms with Crippen LogP contribution in [0.3, 0.4) is 0 Å². The minimum atomic E-state index is 0.0211. The van der Waals surface area contributed by atoms with Crippen molar-refractivity contribution < 1.29 is 14.7 Å². The lowest BCUT2D eigenvalue weighted by atomic mass is 9.73. The summed E-state index contributed by atoms with van der Waals surface area (Å²) in [5.41, 5.74) is 0.761. The van der Waals surface area contributed by atoms with E-state index < -0.39 is 0 Å². The van der Waals surface area contributed by atoms with Crippen LogP contribution in [-0.2, 0) is 0 Å². The summed E-state index contributed by atoms with van der Waals surface area (Å²) in [6.45, 7) is 4.57. The largest absolute Gasteiger partial charge is 0.508 e. The molecule has 0 spiro atoms. The molecule has 1 saturated carbocycles. The lowest BCUT2D eigenvalue weighted by Crippen LogP contribution is -2.20. The van der Waals surface area contributed by atoms with Crippen LogP contribution in [0.5, 0.6) is 11.5 Å². The average molecular weight is 288 g/mol. The van der Waals surface area contributed by atoms with Crippen molar-refractivity contribution in [2.24, 2.45) is 5.41 Å². The van der Waals surface area contributed by atoms with Crippen LogP contribution in [0.15, 0.2) is 22.7 Å². The van der Waals surface area contributed by atoms with Gasteiger partial charge in [0, 0.05) is 5.92 Å². The highest BCUT2D eigenvalue weighted by atomic mass is 16.5. The van der Waals surface area contributed by atoms with Crippen molar-refractivity contribution in [1.82, 2.24) is 10.1 Å². The molecule has 1 heterocycles. The number of phenols is 2. The minimum absolute atomic E-state index is 0.0211. The van der Waals surface area contributed by atoms with E-state index in [1.807, 2.05) is 0 Å². The maximum absolute atomic E-state index is 9.84. The van der Waals surface area contributed by atoms with Crippen molar-refractivity contribution in [2.75, 3.05) is 0 Å². The van der Waals surface area contributed by atoms with Crippen molar-refractivity contribution in [3.8, 4) is 23.0 Å². The number of phenolic OH excluding ortho intramolecular Hbond substituents is 2. The molecular formula is C16H20N2O3. The minimum Gasteiger partial charge on any atom is -0.508 e. The average Bonchev–Trinajstić information content (AvgIpc) is 2.91. The van der Waals surface area contributed by atoms with E-state index in [9.17, 15) is 10.2 Å². The van der Waals surface area contributed by atoms with Gasteiger partial charge in [-0.05, 0) is 49.3 Å². The van der Waals surface area contributed by atoms with Crippen molar-refractivity contribution >= 4 is 0 Å². The third kappa shape index (κ3) is 2.86. The molecule has 5 heteroatoms. The summed E-state index contributed by atoms with van der Waals surface area (Å²) in [5.74, 6) is 1.34. The van der Waals surface area contributed by atoms with E-state index in [-0.39, 0.29) is 17.4 Å². The zero-order chi connectivity index (χ0) is 15.0. The Hall–Kier alpha value is -2.04. The fourth-order valence-electron chi connectivity index (χ4n) is 2.86. The summed E-state index contributed by atoms with van der Waals surface area (Å²) in [6, 6.07) is 4.26. The van der Waals surface area contributed by atoms with Gasteiger partial charge >= 0.3 is 0 Å². The second kappa shape index (κ2) is 5.06. The summed E-state index contributed by atoms with van der Waals surface area (Å²) >= 11 is 0. The van der Waals surface area contributed by atoms with Crippen LogP contribution in [0.2, 0.25) is 0 Å². The SMILES string of the molecule is CC1(C)CCC(c2noc(-c3cc(O)ccc3O)n2)CC1. The van der Waals surface area contributed by atoms with E-state index >= 15 is 0 Å². The monoisotopic (exact) mass is 288 g/mol. The third-order valence-corrected chi connectivity index (χ3v) is 4.36. The van der Waals surface area contributed by atoms with E-state index in [0.29, 0.717) is 22.7 Å².